The molecule has 124 valence electrons. The number of halogens is 2. The van der Waals surface area contributed by atoms with Gasteiger partial charge in [0, 0.05) is 5.56 Å². The van der Waals surface area contributed by atoms with E-state index in [9.17, 15) is 13.6 Å². The third kappa shape index (κ3) is 3.57. The maximum atomic E-state index is 13.3. The maximum absolute atomic E-state index is 13.3. The molecule has 0 fully saturated rings. The maximum Gasteiger partial charge on any atom is 0.228 e. The van der Waals surface area contributed by atoms with Gasteiger partial charge in [-0.05, 0) is 44.9 Å². The second-order valence-corrected chi connectivity index (χ2v) is 5.60. The molecule has 4 nitrogen and oxygen atoms in total. The molecule has 0 aliphatic rings. The van der Waals surface area contributed by atoms with E-state index in [4.69, 9.17) is 4.52 Å². The fourth-order valence-corrected chi connectivity index (χ4v) is 2.69. The van der Waals surface area contributed by atoms with Crippen LogP contribution in [0.4, 0.5) is 8.78 Å². The molecule has 1 aromatic carbocycles. The Morgan fingerprint density at radius 3 is 2.52 bits per heavy atom. The molecule has 1 N–H and O–H groups in total. The largest absolute Gasteiger partial charge is 0.361 e. The van der Waals surface area contributed by atoms with Gasteiger partial charge in [-0.25, -0.2) is 8.78 Å². The van der Waals surface area contributed by atoms with E-state index in [0.29, 0.717) is 23.4 Å². The number of aromatic nitrogens is 1. The summed E-state index contributed by atoms with van der Waals surface area (Å²) >= 11 is 0. The first-order chi connectivity index (χ1) is 10.8. The number of nitrogens with zero attached hydrogens (tertiary/aromatic N) is 1. The lowest BCUT2D eigenvalue weighted by Crippen LogP contribution is -2.32. The van der Waals surface area contributed by atoms with Gasteiger partial charge < -0.3 is 9.84 Å². The lowest BCUT2D eigenvalue weighted by molar-refractivity contribution is -0.123. The van der Waals surface area contributed by atoms with Gasteiger partial charge in [0.15, 0.2) is 11.6 Å². The van der Waals surface area contributed by atoms with E-state index >= 15 is 0 Å². The molecule has 2 atom stereocenters. The number of aryl methyl sites for hydroxylation is 2. The van der Waals surface area contributed by atoms with Crippen LogP contribution in [0.25, 0.3) is 0 Å². The fraction of sp³-hybridized carbons (Fsp3) is 0.412. The van der Waals surface area contributed by atoms with Crippen molar-refractivity contribution in [2.45, 2.75) is 46.1 Å². The molecule has 23 heavy (non-hydrogen) atoms. The van der Waals surface area contributed by atoms with Gasteiger partial charge in [0.1, 0.15) is 5.76 Å². The van der Waals surface area contributed by atoms with Gasteiger partial charge in [-0.3, -0.25) is 4.79 Å². The molecule has 0 saturated carbocycles. The quantitative estimate of drug-likeness (QED) is 0.907. The zero-order valence-corrected chi connectivity index (χ0v) is 13.6. The number of carbonyl (C=O) groups is 1. The number of rotatable bonds is 5. The van der Waals surface area contributed by atoms with Crippen molar-refractivity contribution in [1.82, 2.24) is 10.5 Å². The van der Waals surface area contributed by atoms with E-state index < -0.39 is 23.6 Å². The van der Waals surface area contributed by atoms with E-state index in [1.54, 1.807) is 20.8 Å². The molecule has 0 aliphatic heterocycles. The Labute approximate surface area is 133 Å². The minimum Gasteiger partial charge on any atom is -0.361 e. The van der Waals surface area contributed by atoms with Crippen molar-refractivity contribution in [3.05, 3.63) is 52.4 Å². The van der Waals surface area contributed by atoms with Crippen molar-refractivity contribution in [2.75, 3.05) is 0 Å². The Morgan fingerprint density at radius 2 is 2.00 bits per heavy atom. The fourth-order valence-electron chi connectivity index (χ4n) is 2.69. The average Bonchev–Trinajstić information content (AvgIpc) is 2.83. The van der Waals surface area contributed by atoms with Crippen LogP contribution in [-0.2, 0) is 4.79 Å². The molecule has 0 saturated heterocycles. The highest BCUT2D eigenvalue weighted by Gasteiger charge is 2.26. The number of amides is 1. The molecule has 2 unspecified atom stereocenters. The first kappa shape index (κ1) is 17.1. The summed E-state index contributed by atoms with van der Waals surface area (Å²) in [7, 11) is 0. The van der Waals surface area contributed by atoms with Crippen LogP contribution < -0.4 is 5.32 Å². The number of nitrogens with one attached hydrogen (secondary N) is 1. The predicted molar refractivity (Wildman–Crippen MR) is 81.9 cm³/mol. The molecular formula is C17H20F2N2O2. The van der Waals surface area contributed by atoms with Crippen molar-refractivity contribution < 1.29 is 18.1 Å². The van der Waals surface area contributed by atoms with Crippen LogP contribution in [-0.4, -0.2) is 11.1 Å². The highest BCUT2D eigenvalue weighted by molar-refractivity contribution is 5.84. The summed E-state index contributed by atoms with van der Waals surface area (Å²) in [5.74, 6) is -1.81. The predicted octanol–water partition coefficient (Wildman–Crippen LogP) is 3.94. The van der Waals surface area contributed by atoms with E-state index in [-0.39, 0.29) is 5.91 Å². The lowest BCUT2D eigenvalue weighted by Gasteiger charge is -2.20. The molecule has 0 radical (unpaired) electrons. The average molecular weight is 322 g/mol. The molecule has 1 heterocycles. The SMILES string of the molecule is CCC(C(=O)NC(C)c1ccc(F)c(F)c1)c1c(C)noc1C. The van der Waals surface area contributed by atoms with Crippen LogP contribution in [0.5, 0.6) is 0 Å². The zero-order valence-electron chi connectivity index (χ0n) is 13.6. The van der Waals surface area contributed by atoms with E-state index in [1.807, 2.05) is 6.92 Å². The molecule has 0 spiro atoms. The van der Waals surface area contributed by atoms with Gasteiger partial charge >= 0.3 is 0 Å². The Balaban J connectivity index is 2.17. The number of hydrogen-bond acceptors (Lipinski definition) is 3. The second kappa shape index (κ2) is 6.89. The highest BCUT2D eigenvalue weighted by atomic mass is 19.2. The molecule has 1 amide bonds. The molecule has 6 heteroatoms. The standard InChI is InChI=1S/C17H20F2N2O2/c1-5-13(16-10(3)21-23-11(16)4)17(22)20-9(2)12-6-7-14(18)15(19)8-12/h6-9,13H,5H2,1-4H3,(H,20,22). The van der Waals surface area contributed by atoms with Crippen LogP contribution in [0.1, 0.15) is 54.8 Å². The summed E-state index contributed by atoms with van der Waals surface area (Å²) in [6, 6.07) is 3.17. The Morgan fingerprint density at radius 1 is 1.30 bits per heavy atom. The topological polar surface area (TPSA) is 55.1 Å². The van der Waals surface area contributed by atoms with Crippen molar-refractivity contribution in [1.29, 1.82) is 0 Å². The van der Waals surface area contributed by atoms with Gasteiger partial charge in [-0.1, -0.05) is 18.1 Å². The van der Waals surface area contributed by atoms with Gasteiger partial charge in [0.25, 0.3) is 0 Å². The summed E-state index contributed by atoms with van der Waals surface area (Å²) in [6.07, 6.45) is 0.583. The molecule has 1 aromatic heterocycles. The number of hydrogen-bond donors (Lipinski definition) is 1. The highest BCUT2D eigenvalue weighted by Crippen LogP contribution is 2.27. The Kier molecular flexibility index (Phi) is 5.13. The van der Waals surface area contributed by atoms with E-state index in [1.165, 1.54) is 6.07 Å². The van der Waals surface area contributed by atoms with Crippen LogP contribution in [0.3, 0.4) is 0 Å². The second-order valence-electron chi connectivity index (χ2n) is 5.60. The van der Waals surface area contributed by atoms with Crippen LogP contribution >= 0.6 is 0 Å². The molecule has 2 rings (SSSR count). The number of carbonyl (C=O) groups excluding carboxylic acids is 1. The lowest BCUT2D eigenvalue weighted by atomic mass is 9.93. The summed E-state index contributed by atoms with van der Waals surface area (Å²) in [6.45, 7) is 7.19. The summed E-state index contributed by atoms with van der Waals surface area (Å²) in [5, 5.41) is 6.72. The zero-order chi connectivity index (χ0) is 17.1. The van der Waals surface area contributed by atoms with E-state index in [0.717, 1.165) is 17.7 Å². The van der Waals surface area contributed by atoms with Crippen molar-refractivity contribution in [3.8, 4) is 0 Å². The molecule has 0 bridgehead atoms. The Bertz CT molecular complexity index is 693. The summed E-state index contributed by atoms with van der Waals surface area (Å²) < 4.78 is 31.5. The van der Waals surface area contributed by atoms with Crippen LogP contribution in [0, 0.1) is 25.5 Å². The van der Waals surface area contributed by atoms with Crippen molar-refractivity contribution in [3.63, 3.8) is 0 Å². The number of benzene rings is 1. The minimum atomic E-state index is -0.929. The van der Waals surface area contributed by atoms with Gasteiger partial charge in [0.2, 0.25) is 5.91 Å². The smallest absolute Gasteiger partial charge is 0.228 e. The summed E-state index contributed by atoms with van der Waals surface area (Å²) in [5.41, 5.74) is 1.97. The van der Waals surface area contributed by atoms with Crippen LogP contribution in [0.15, 0.2) is 22.7 Å². The van der Waals surface area contributed by atoms with Crippen molar-refractivity contribution in [2.24, 2.45) is 0 Å². The summed E-state index contributed by atoms with van der Waals surface area (Å²) in [4.78, 5) is 12.6. The normalized spacial score (nSPS) is 13.7. The third-order valence-corrected chi connectivity index (χ3v) is 3.96. The molecular weight excluding hydrogens is 302 g/mol. The van der Waals surface area contributed by atoms with Gasteiger partial charge in [0.05, 0.1) is 17.7 Å². The molecule has 2 aromatic rings. The minimum absolute atomic E-state index is 0.195. The van der Waals surface area contributed by atoms with E-state index in [2.05, 4.69) is 10.5 Å². The van der Waals surface area contributed by atoms with Gasteiger partial charge in [-0.15, -0.1) is 0 Å². The monoisotopic (exact) mass is 322 g/mol. The Hall–Kier alpha value is -2.24. The van der Waals surface area contributed by atoms with Crippen molar-refractivity contribution >= 4 is 5.91 Å². The first-order valence-corrected chi connectivity index (χ1v) is 7.53. The third-order valence-electron chi connectivity index (χ3n) is 3.96. The first-order valence-electron chi connectivity index (χ1n) is 7.53. The molecule has 0 aliphatic carbocycles. The van der Waals surface area contributed by atoms with Gasteiger partial charge in [-0.2, -0.15) is 0 Å². The van der Waals surface area contributed by atoms with Crippen LogP contribution in [0.2, 0.25) is 0 Å².